The third kappa shape index (κ3) is 4.33. The lowest BCUT2D eigenvalue weighted by molar-refractivity contribution is 0.0807. The predicted octanol–water partition coefficient (Wildman–Crippen LogP) is 2.93. The molecule has 0 aliphatic heterocycles. The van der Waals surface area contributed by atoms with Gasteiger partial charge in [0.15, 0.2) is 0 Å². The molecule has 0 aliphatic carbocycles. The zero-order valence-electron chi connectivity index (χ0n) is 10.9. The molecule has 0 bridgehead atoms. The van der Waals surface area contributed by atoms with Crippen molar-refractivity contribution >= 4 is 0 Å². The van der Waals surface area contributed by atoms with Crippen LogP contribution in [0, 0.1) is 0 Å². The van der Waals surface area contributed by atoms with E-state index in [1.165, 1.54) is 5.56 Å². The molecule has 0 saturated heterocycles. The standard InChI is InChI=1S/C14H23NO/c1-14(2,3)15(10-11-16-4)12-13-8-6-5-7-9-13/h5-9H,10-12H2,1-4H3. The molecule has 0 saturated carbocycles. The second kappa shape index (κ2) is 6.02. The summed E-state index contributed by atoms with van der Waals surface area (Å²) in [6, 6.07) is 10.6. The molecule has 2 heteroatoms. The highest BCUT2D eigenvalue weighted by Gasteiger charge is 2.20. The monoisotopic (exact) mass is 221 g/mol. The van der Waals surface area contributed by atoms with E-state index in [0.717, 1.165) is 19.7 Å². The summed E-state index contributed by atoms with van der Waals surface area (Å²) in [6.45, 7) is 9.45. The molecular formula is C14H23NO. The molecule has 0 unspecified atom stereocenters. The third-order valence-corrected chi connectivity index (χ3v) is 2.73. The van der Waals surface area contributed by atoms with Crippen molar-refractivity contribution in [1.82, 2.24) is 4.90 Å². The first-order valence-corrected chi connectivity index (χ1v) is 5.82. The van der Waals surface area contributed by atoms with Gasteiger partial charge in [0.25, 0.3) is 0 Å². The van der Waals surface area contributed by atoms with Crippen molar-refractivity contribution in [2.75, 3.05) is 20.3 Å². The van der Waals surface area contributed by atoms with E-state index in [9.17, 15) is 0 Å². The van der Waals surface area contributed by atoms with Crippen molar-refractivity contribution in [2.45, 2.75) is 32.9 Å². The number of benzene rings is 1. The average Bonchev–Trinajstić information content (AvgIpc) is 2.24. The van der Waals surface area contributed by atoms with Crippen molar-refractivity contribution in [1.29, 1.82) is 0 Å². The van der Waals surface area contributed by atoms with Gasteiger partial charge in [-0.1, -0.05) is 30.3 Å². The van der Waals surface area contributed by atoms with Crippen LogP contribution in [0.15, 0.2) is 30.3 Å². The molecule has 0 heterocycles. The Bertz CT molecular complexity index is 289. The summed E-state index contributed by atoms with van der Waals surface area (Å²) in [6.07, 6.45) is 0. The van der Waals surface area contributed by atoms with E-state index in [1.54, 1.807) is 7.11 Å². The molecule has 0 aliphatic rings. The minimum atomic E-state index is 0.175. The van der Waals surface area contributed by atoms with Crippen LogP contribution in [0.25, 0.3) is 0 Å². The molecule has 2 nitrogen and oxygen atoms in total. The predicted molar refractivity (Wildman–Crippen MR) is 68.5 cm³/mol. The van der Waals surface area contributed by atoms with Crippen LogP contribution in [-0.2, 0) is 11.3 Å². The van der Waals surface area contributed by atoms with Crippen LogP contribution in [0.2, 0.25) is 0 Å². The van der Waals surface area contributed by atoms with Gasteiger partial charge >= 0.3 is 0 Å². The maximum absolute atomic E-state index is 5.16. The largest absolute Gasteiger partial charge is 0.383 e. The molecule has 0 N–H and O–H groups in total. The summed E-state index contributed by atoms with van der Waals surface area (Å²) in [5.41, 5.74) is 1.53. The molecule has 16 heavy (non-hydrogen) atoms. The molecule has 0 radical (unpaired) electrons. The highest BCUT2D eigenvalue weighted by atomic mass is 16.5. The van der Waals surface area contributed by atoms with Gasteiger partial charge in [-0.3, -0.25) is 4.90 Å². The number of nitrogens with zero attached hydrogens (tertiary/aromatic N) is 1. The van der Waals surface area contributed by atoms with Gasteiger partial charge in [0.1, 0.15) is 0 Å². The van der Waals surface area contributed by atoms with Crippen LogP contribution in [-0.4, -0.2) is 30.7 Å². The van der Waals surface area contributed by atoms with Crippen LogP contribution >= 0.6 is 0 Å². The Morgan fingerprint density at radius 2 is 1.75 bits per heavy atom. The summed E-state index contributed by atoms with van der Waals surface area (Å²) >= 11 is 0. The molecule has 1 rings (SSSR count). The molecule has 0 spiro atoms. The van der Waals surface area contributed by atoms with E-state index in [4.69, 9.17) is 4.74 Å². The number of hydrogen-bond acceptors (Lipinski definition) is 2. The quantitative estimate of drug-likeness (QED) is 0.758. The Balaban J connectivity index is 2.64. The van der Waals surface area contributed by atoms with E-state index in [2.05, 4.69) is 56.0 Å². The van der Waals surface area contributed by atoms with E-state index in [-0.39, 0.29) is 5.54 Å². The third-order valence-electron chi connectivity index (χ3n) is 2.73. The van der Waals surface area contributed by atoms with Gasteiger partial charge in [-0.05, 0) is 26.3 Å². The van der Waals surface area contributed by atoms with Gasteiger partial charge in [-0.25, -0.2) is 0 Å². The second-order valence-electron chi connectivity index (χ2n) is 5.07. The van der Waals surface area contributed by atoms with Crippen molar-refractivity contribution in [2.24, 2.45) is 0 Å². The fourth-order valence-corrected chi connectivity index (χ4v) is 1.66. The number of hydrogen-bond donors (Lipinski definition) is 0. The Hall–Kier alpha value is -0.860. The fraction of sp³-hybridized carbons (Fsp3) is 0.571. The molecule has 0 fully saturated rings. The summed E-state index contributed by atoms with van der Waals surface area (Å²) in [5.74, 6) is 0. The van der Waals surface area contributed by atoms with Gasteiger partial charge < -0.3 is 4.74 Å². The van der Waals surface area contributed by atoms with E-state index in [0.29, 0.717) is 0 Å². The molecule has 1 aromatic rings. The van der Waals surface area contributed by atoms with Crippen molar-refractivity contribution < 1.29 is 4.74 Å². The maximum atomic E-state index is 5.16. The Morgan fingerprint density at radius 1 is 1.12 bits per heavy atom. The van der Waals surface area contributed by atoms with Gasteiger partial charge in [0.2, 0.25) is 0 Å². The van der Waals surface area contributed by atoms with Crippen molar-refractivity contribution in [3.63, 3.8) is 0 Å². The minimum absolute atomic E-state index is 0.175. The van der Waals surface area contributed by atoms with Gasteiger partial charge in [0, 0.05) is 25.7 Å². The number of methoxy groups -OCH3 is 1. The first-order valence-electron chi connectivity index (χ1n) is 5.82. The lowest BCUT2D eigenvalue weighted by Crippen LogP contribution is -2.42. The van der Waals surface area contributed by atoms with Crippen LogP contribution in [0.1, 0.15) is 26.3 Å². The van der Waals surface area contributed by atoms with E-state index in [1.807, 2.05) is 0 Å². The van der Waals surface area contributed by atoms with Crippen LogP contribution in [0.3, 0.4) is 0 Å². The van der Waals surface area contributed by atoms with Crippen molar-refractivity contribution in [3.8, 4) is 0 Å². The highest BCUT2D eigenvalue weighted by molar-refractivity contribution is 5.14. The first kappa shape index (κ1) is 13.2. The molecule has 0 aromatic heterocycles. The maximum Gasteiger partial charge on any atom is 0.0590 e. The van der Waals surface area contributed by atoms with Gasteiger partial charge in [0.05, 0.1) is 6.61 Å². The average molecular weight is 221 g/mol. The molecule has 0 atom stereocenters. The fourth-order valence-electron chi connectivity index (χ4n) is 1.66. The summed E-state index contributed by atoms with van der Waals surface area (Å²) in [5, 5.41) is 0. The lowest BCUT2D eigenvalue weighted by atomic mass is 10.0. The van der Waals surface area contributed by atoms with E-state index < -0.39 is 0 Å². The van der Waals surface area contributed by atoms with Crippen molar-refractivity contribution in [3.05, 3.63) is 35.9 Å². The first-order chi connectivity index (χ1) is 7.54. The molecule has 0 amide bonds. The Kier molecular flexibility index (Phi) is 4.97. The second-order valence-corrected chi connectivity index (χ2v) is 5.07. The van der Waals surface area contributed by atoms with Gasteiger partial charge in [-0.2, -0.15) is 0 Å². The normalized spacial score (nSPS) is 12.1. The SMILES string of the molecule is COCCN(Cc1ccccc1)C(C)(C)C. The van der Waals surface area contributed by atoms with Crippen LogP contribution in [0.5, 0.6) is 0 Å². The van der Waals surface area contributed by atoms with Gasteiger partial charge in [-0.15, -0.1) is 0 Å². The minimum Gasteiger partial charge on any atom is -0.383 e. The number of ether oxygens (including phenoxy) is 1. The smallest absolute Gasteiger partial charge is 0.0590 e. The zero-order valence-corrected chi connectivity index (χ0v) is 10.9. The molecule has 1 aromatic carbocycles. The summed E-state index contributed by atoms with van der Waals surface area (Å²) in [4.78, 5) is 2.44. The van der Waals surface area contributed by atoms with Crippen LogP contribution < -0.4 is 0 Å². The summed E-state index contributed by atoms with van der Waals surface area (Å²) in [7, 11) is 1.75. The van der Waals surface area contributed by atoms with E-state index >= 15 is 0 Å². The number of rotatable bonds is 5. The topological polar surface area (TPSA) is 12.5 Å². The van der Waals surface area contributed by atoms with Crippen LogP contribution in [0.4, 0.5) is 0 Å². The lowest BCUT2D eigenvalue weighted by Gasteiger charge is -2.35. The Labute approximate surface area is 99.2 Å². The Morgan fingerprint density at radius 3 is 2.25 bits per heavy atom. The highest BCUT2D eigenvalue weighted by Crippen LogP contribution is 2.16. The summed E-state index contributed by atoms with van der Waals surface area (Å²) < 4.78 is 5.16. The zero-order chi connectivity index (χ0) is 12.0. The molecular weight excluding hydrogens is 198 g/mol. The molecule has 90 valence electrons.